The van der Waals surface area contributed by atoms with Crippen molar-refractivity contribution in [1.29, 1.82) is 0 Å². The van der Waals surface area contributed by atoms with E-state index >= 15 is 0 Å². The molecule has 0 heterocycles. The fourth-order valence-corrected chi connectivity index (χ4v) is 2.11. The Morgan fingerprint density at radius 2 is 1.36 bits per heavy atom. The molecule has 0 aromatic heterocycles. The minimum atomic E-state index is -0.386. The van der Waals surface area contributed by atoms with Gasteiger partial charge in [-0.3, -0.25) is 0 Å². The van der Waals surface area contributed by atoms with E-state index in [1.165, 1.54) is 0 Å². The second-order valence-corrected chi connectivity index (χ2v) is 5.80. The monoisotopic (exact) mass is 352 g/mol. The lowest BCUT2D eigenvalue weighted by Gasteiger charge is -2.19. The maximum Gasteiger partial charge on any atom is 0.342 e. The van der Waals surface area contributed by atoms with Gasteiger partial charge in [-0.2, -0.15) is 0 Å². The number of carbonyl (C=O) groups excluding carboxylic acids is 1. The van der Waals surface area contributed by atoms with Crippen LogP contribution in [0.4, 0.5) is 0 Å². The average molecular weight is 352 g/mol. The van der Waals surface area contributed by atoms with Crippen LogP contribution >= 0.6 is 0 Å². The number of hydrogen-bond acceptors (Lipinski definition) is 5. The highest BCUT2D eigenvalue weighted by atomic mass is 16.6. The molecule has 0 spiro atoms. The van der Waals surface area contributed by atoms with Crippen LogP contribution in [-0.2, 0) is 4.74 Å². The maximum absolute atomic E-state index is 12.5. The minimum absolute atomic E-state index is 0.386. The molecule has 0 amide bonds. The lowest BCUT2D eigenvalue weighted by atomic mass is 10.1. The molecule has 1 aromatic rings. The fourth-order valence-electron chi connectivity index (χ4n) is 2.11. The van der Waals surface area contributed by atoms with E-state index in [-0.39, 0.29) is 5.97 Å². The van der Waals surface area contributed by atoms with Gasteiger partial charge < -0.3 is 18.9 Å². The van der Waals surface area contributed by atoms with Crippen molar-refractivity contribution < 1.29 is 23.7 Å². The molecule has 0 aliphatic carbocycles. The van der Waals surface area contributed by atoms with E-state index in [1.807, 2.05) is 20.8 Å². The van der Waals surface area contributed by atoms with Crippen molar-refractivity contribution in [3.63, 3.8) is 0 Å². The third kappa shape index (κ3) is 6.85. The quantitative estimate of drug-likeness (QED) is 0.369. The van der Waals surface area contributed by atoms with Crippen LogP contribution in [0.15, 0.2) is 12.1 Å². The summed E-state index contributed by atoms with van der Waals surface area (Å²) in [6, 6.07) is 3.46. The molecule has 0 aliphatic rings. The summed E-state index contributed by atoms with van der Waals surface area (Å²) >= 11 is 0. The number of ether oxygens (including phenoxy) is 4. The molecule has 5 heteroatoms. The fraction of sp³-hybridized carbons (Fsp3) is 0.650. The minimum Gasteiger partial charge on any atom is -0.490 e. The SMILES string of the molecule is CCCCOC(=O)c1ccc(OCCC)c(OCCC)c1OCCC. The van der Waals surface area contributed by atoms with Gasteiger partial charge in [0, 0.05) is 0 Å². The van der Waals surface area contributed by atoms with Crippen LogP contribution in [0.5, 0.6) is 17.2 Å². The Labute approximate surface area is 151 Å². The van der Waals surface area contributed by atoms with Gasteiger partial charge in [-0.15, -0.1) is 0 Å². The van der Waals surface area contributed by atoms with Gasteiger partial charge in [0.2, 0.25) is 5.75 Å². The van der Waals surface area contributed by atoms with Crippen molar-refractivity contribution in [2.24, 2.45) is 0 Å². The van der Waals surface area contributed by atoms with Crippen molar-refractivity contribution in [3.05, 3.63) is 17.7 Å². The molecule has 0 radical (unpaired) electrons. The van der Waals surface area contributed by atoms with E-state index in [2.05, 4.69) is 6.92 Å². The van der Waals surface area contributed by atoms with E-state index in [4.69, 9.17) is 18.9 Å². The zero-order chi connectivity index (χ0) is 18.5. The van der Waals surface area contributed by atoms with E-state index in [0.29, 0.717) is 49.2 Å². The Morgan fingerprint density at radius 1 is 0.760 bits per heavy atom. The summed E-state index contributed by atoms with van der Waals surface area (Å²) < 4.78 is 22.9. The Balaban J connectivity index is 3.17. The highest BCUT2D eigenvalue weighted by Crippen LogP contribution is 2.41. The van der Waals surface area contributed by atoms with Gasteiger partial charge in [-0.25, -0.2) is 4.79 Å². The molecular weight excluding hydrogens is 320 g/mol. The second-order valence-electron chi connectivity index (χ2n) is 5.80. The first-order chi connectivity index (χ1) is 12.2. The van der Waals surface area contributed by atoms with Crippen LogP contribution in [0.2, 0.25) is 0 Å². The number of unbranched alkanes of at least 4 members (excludes halogenated alkanes) is 1. The predicted octanol–water partition coefficient (Wildman–Crippen LogP) is 5.01. The average Bonchev–Trinajstić information content (AvgIpc) is 2.63. The molecule has 0 aliphatic heterocycles. The first-order valence-electron chi connectivity index (χ1n) is 9.41. The first-order valence-corrected chi connectivity index (χ1v) is 9.41. The Morgan fingerprint density at radius 3 is 1.96 bits per heavy atom. The van der Waals surface area contributed by atoms with Gasteiger partial charge >= 0.3 is 5.97 Å². The molecule has 0 unspecified atom stereocenters. The van der Waals surface area contributed by atoms with Crippen LogP contribution in [0.1, 0.15) is 70.2 Å². The first kappa shape index (κ1) is 21.1. The highest BCUT2D eigenvalue weighted by molar-refractivity contribution is 5.94. The third-order valence-corrected chi connectivity index (χ3v) is 3.39. The van der Waals surface area contributed by atoms with Crippen molar-refractivity contribution >= 4 is 5.97 Å². The summed E-state index contributed by atoms with van der Waals surface area (Å²) in [5, 5.41) is 0. The second kappa shape index (κ2) is 12.5. The summed E-state index contributed by atoms with van der Waals surface area (Å²) in [6.07, 6.45) is 4.39. The molecule has 0 bridgehead atoms. The van der Waals surface area contributed by atoms with Gasteiger partial charge in [0.05, 0.1) is 26.4 Å². The largest absolute Gasteiger partial charge is 0.490 e. The summed E-state index contributed by atoms with van der Waals surface area (Å²) in [7, 11) is 0. The van der Waals surface area contributed by atoms with Gasteiger partial charge in [-0.1, -0.05) is 34.1 Å². The van der Waals surface area contributed by atoms with E-state index < -0.39 is 0 Å². The molecule has 0 fully saturated rings. The van der Waals surface area contributed by atoms with Crippen LogP contribution < -0.4 is 14.2 Å². The van der Waals surface area contributed by atoms with Crippen molar-refractivity contribution in [3.8, 4) is 17.2 Å². The molecule has 0 atom stereocenters. The smallest absolute Gasteiger partial charge is 0.342 e. The Bertz CT molecular complexity index is 513. The number of esters is 1. The van der Waals surface area contributed by atoms with E-state index in [1.54, 1.807) is 12.1 Å². The maximum atomic E-state index is 12.5. The predicted molar refractivity (Wildman–Crippen MR) is 99.0 cm³/mol. The summed E-state index contributed by atoms with van der Waals surface area (Å²) in [5.41, 5.74) is 0.388. The van der Waals surface area contributed by atoms with Crippen LogP contribution in [0, 0.1) is 0 Å². The van der Waals surface area contributed by atoms with Gasteiger partial charge in [0.1, 0.15) is 5.56 Å². The van der Waals surface area contributed by atoms with E-state index in [9.17, 15) is 4.79 Å². The molecule has 1 rings (SSSR count). The number of carbonyl (C=O) groups is 1. The number of hydrogen-bond donors (Lipinski definition) is 0. The zero-order valence-corrected chi connectivity index (χ0v) is 16.1. The normalized spacial score (nSPS) is 10.4. The lowest BCUT2D eigenvalue weighted by molar-refractivity contribution is 0.0494. The van der Waals surface area contributed by atoms with E-state index in [0.717, 1.165) is 32.1 Å². The van der Waals surface area contributed by atoms with Crippen molar-refractivity contribution in [2.75, 3.05) is 26.4 Å². The molecule has 0 saturated heterocycles. The summed E-state index contributed by atoms with van der Waals surface area (Å²) in [6.45, 7) is 10.2. The highest BCUT2D eigenvalue weighted by Gasteiger charge is 2.23. The van der Waals surface area contributed by atoms with Gasteiger partial charge in [-0.05, 0) is 37.8 Å². The molecule has 0 saturated carbocycles. The van der Waals surface area contributed by atoms with Crippen LogP contribution in [0.25, 0.3) is 0 Å². The van der Waals surface area contributed by atoms with Crippen molar-refractivity contribution in [1.82, 2.24) is 0 Å². The lowest BCUT2D eigenvalue weighted by Crippen LogP contribution is -2.12. The van der Waals surface area contributed by atoms with Gasteiger partial charge in [0.15, 0.2) is 11.5 Å². The molecule has 25 heavy (non-hydrogen) atoms. The molecule has 0 N–H and O–H groups in total. The topological polar surface area (TPSA) is 54.0 Å². The molecular formula is C20H32O5. The van der Waals surface area contributed by atoms with Gasteiger partial charge in [0.25, 0.3) is 0 Å². The van der Waals surface area contributed by atoms with Crippen LogP contribution in [0.3, 0.4) is 0 Å². The molecule has 1 aromatic carbocycles. The third-order valence-electron chi connectivity index (χ3n) is 3.39. The Kier molecular flexibility index (Phi) is 10.5. The van der Waals surface area contributed by atoms with Crippen molar-refractivity contribution in [2.45, 2.75) is 59.8 Å². The van der Waals surface area contributed by atoms with Crippen LogP contribution in [-0.4, -0.2) is 32.4 Å². The number of rotatable bonds is 13. The summed E-state index contributed by atoms with van der Waals surface area (Å²) in [4.78, 5) is 12.5. The Hall–Kier alpha value is -1.91. The zero-order valence-electron chi connectivity index (χ0n) is 16.1. The molecule has 142 valence electrons. The standard InChI is InChI=1S/C20H32O5/c1-5-9-15-25-20(21)16-10-11-17(22-12-6-2)19(24-14-8-4)18(16)23-13-7-3/h10-11H,5-9,12-15H2,1-4H3. The summed E-state index contributed by atoms with van der Waals surface area (Å²) in [5.74, 6) is 1.13. The molecule has 5 nitrogen and oxygen atoms in total. The number of benzene rings is 1.